The number of unbranched alkanes of at least 4 members (excludes halogenated alkanes) is 2. The highest BCUT2D eigenvalue weighted by Gasteiger charge is 2.42. The van der Waals surface area contributed by atoms with Gasteiger partial charge in [0.05, 0.1) is 0 Å². The lowest BCUT2D eigenvalue weighted by Crippen LogP contribution is -2.45. The molecular formula is C26H23ClO2. The number of rotatable bonds is 4. The first kappa shape index (κ1) is 18.3. The lowest BCUT2D eigenvalue weighted by Gasteiger charge is -2.40. The second-order valence-corrected chi connectivity index (χ2v) is 8.15. The predicted octanol–water partition coefficient (Wildman–Crippen LogP) is 7.65. The van der Waals surface area contributed by atoms with Gasteiger partial charge in [0.25, 0.3) is 5.79 Å². The highest BCUT2D eigenvalue weighted by atomic mass is 35.5. The van der Waals surface area contributed by atoms with Crippen molar-refractivity contribution in [2.45, 2.75) is 38.4 Å². The van der Waals surface area contributed by atoms with E-state index in [9.17, 15) is 0 Å². The Morgan fingerprint density at radius 1 is 0.931 bits per heavy atom. The molecule has 1 spiro atoms. The van der Waals surface area contributed by atoms with Crippen molar-refractivity contribution in [3.05, 3.63) is 82.4 Å². The quantitative estimate of drug-likeness (QED) is 0.417. The number of fused-ring (bicyclic) bond motifs is 4. The fraction of sp³-hybridized carbons (Fsp3) is 0.231. The van der Waals surface area contributed by atoms with E-state index in [1.54, 1.807) is 0 Å². The summed E-state index contributed by atoms with van der Waals surface area (Å²) in [5, 5.41) is 3.05. The van der Waals surface area contributed by atoms with E-state index in [4.69, 9.17) is 21.1 Å². The second-order valence-electron chi connectivity index (χ2n) is 7.71. The molecule has 1 atom stereocenters. The third kappa shape index (κ3) is 3.22. The van der Waals surface area contributed by atoms with Crippen LogP contribution in [0.25, 0.3) is 22.9 Å². The van der Waals surface area contributed by atoms with Gasteiger partial charge in [0.15, 0.2) is 0 Å². The highest BCUT2D eigenvalue weighted by Crippen LogP contribution is 2.45. The average Bonchev–Trinajstić information content (AvgIpc) is 2.74. The molecule has 146 valence electrons. The SMILES string of the molecule is CCCCCC1=Cc2ccc(Cl)cc2OC12C=Cc1c(ccc3ccccc13)O2. The van der Waals surface area contributed by atoms with E-state index in [1.807, 2.05) is 24.3 Å². The van der Waals surface area contributed by atoms with Gasteiger partial charge < -0.3 is 9.47 Å². The first-order chi connectivity index (χ1) is 14.2. The van der Waals surface area contributed by atoms with Gasteiger partial charge in [-0.15, -0.1) is 0 Å². The van der Waals surface area contributed by atoms with Crippen LogP contribution in [0.5, 0.6) is 11.5 Å². The first-order valence-electron chi connectivity index (χ1n) is 10.3. The molecular weight excluding hydrogens is 380 g/mol. The molecule has 0 N–H and O–H groups in total. The van der Waals surface area contributed by atoms with Gasteiger partial charge in [-0.1, -0.05) is 61.7 Å². The van der Waals surface area contributed by atoms with Crippen LogP contribution in [0.1, 0.15) is 43.7 Å². The molecule has 29 heavy (non-hydrogen) atoms. The van der Waals surface area contributed by atoms with Crippen molar-refractivity contribution in [3.63, 3.8) is 0 Å². The molecule has 0 aliphatic carbocycles. The Hall–Kier alpha value is -2.71. The molecule has 2 aliphatic rings. The van der Waals surface area contributed by atoms with Gasteiger partial charge in [-0.3, -0.25) is 0 Å². The third-order valence-corrected chi connectivity index (χ3v) is 5.96. The molecule has 2 aliphatic heterocycles. The summed E-state index contributed by atoms with van der Waals surface area (Å²) in [5.41, 5.74) is 3.30. The number of hydrogen-bond donors (Lipinski definition) is 0. The van der Waals surface area contributed by atoms with Crippen LogP contribution in [0.2, 0.25) is 5.02 Å². The van der Waals surface area contributed by atoms with Crippen LogP contribution in [0.3, 0.4) is 0 Å². The van der Waals surface area contributed by atoms with E-state index in [-0.39, 0.29) is 0 Å². The molecule has 2 nitrogen and oxygen atoms in total. The molecule has 0 radical (unpaired) electrons. The van der Waals surface area contributed by atoms with Crippen LogP contribution in [0.15, 0.2) is 66.2 Å². The smallest absolute Gasteiger partial charge is 0.294 e. The van der Waals surface area contributed by atoms with Crippen molar-refractivity contribution in [1.82, 2.24) is 0 Å². The normalized spacial score (nSPS) is 19.3. The summed E-state index contributed by atoms with van der Waals surface area (Å²) in [6.07, 6.45) is 10.8. The summed E-state index contributed by atoms with van der Waals surface area (Å²) in [6.45, 7) is 2.22. The molecule has 3 aromatic rings. The molecule has 0 saturated carbocycles. The number of ether oxygens (including phenoxy) is 2. The monoisotopic (exact) mass is 402 g/mol. The van der Waals surface area contributed by atoms with Crippen molar-refractivity contribution in [2.75, 3.05) is 0 Å². The van der Waals surface area contributed by atoms with Crippen molar-refractivity contribution >= 4 is 34.5 Å². The molecule has 5 rings (SSSR count). The minimum absolute atomic E-state index is 0.660. The second kappa shape index (κ2) is 7.27. The maximum Gasteiger partial charge on any atom is 0.294 e. The highest BCUT2D eigenvalue weighted by molar-refractivity contribution is 6.30. The van der Waals surface area contributed by atoms with E-state index < -0.39 is 5.79 Å². The van der Waals surface area contributed by atoms with Crippen LogP contribution in [-0.2, 0) is 0 Å². The summed E-state index contributed by atoms with van der Waals surface area (Å²) < 4.78 is 13.1. The van der Waals surface area contributed by atoms with Crippen molar-refractivity contribution in [3.8, 4) is 11.5 Å². The molecule has 0 aromatic heterocycles. The van der Waals surface area contributed by atoms with Gasteiger partial charge in [0.1, 0.15) is 11.5 Å². The summed E-state index contributed by atoms with van der Waals surface area (Å²) in [5.74, 6) is 0.685. The van der Waals surface area contributed by atoms with Crippen molar-refractivity contribution in [2.24, 2.45) is 0 Å². The number of benzene rings is 3. The van der Waals surface area contributed by atoms with E-state index >= 15 is 0 Å². The summed E-state index contributed by atoms with van der Waals surface area (Å²) in [7, 11) is 0. The molecule has 1 unspecified atom stereocenters. The Morgan fingerprint density at radius 2 is 1.79 bits per heavy atom. The van der Waals surface area contributed by atoms with Gasteiger partial charge >= 0.3 is 0 Å². The van der Waals surface area contributed by atoms with Crippen molar-refractivity contribution < 1.29 is 9.47 Å². The summed E-state index contributed by atoms with van der Waals surface area (Å²) >= 11 is 6.23. The Morgan fingerprint density at radius 3 is 2.69 bits per heavy atom. The molecule has 0 fully saturated rings. The first-order valence-corrected chi connectivity index (χ1v) is 10.7. The molecule has 0 saturated heterocycles. The zero-order chi connectivity index (χ0) is 19.8. The molecule has 3 aromatic carbocycles. The Bertz CT molecular complexity index is 1140. The Kier molecular flexibility index (Phi) is 4.60. The largest absolute Gasteiger partial charge is 0.444 e. The van der Waals surface area contributed by atoms with Crippen LogP contribution >= 0.6 is 11.6 Å². The van der Waals surface area contributed by atoms with Crippen LogP contribution in [0.4, 0.5) is 0 Å². The van der Waals surface area contributed by atoms with Crippen molar-refractivity contribution in [1.29, 1.82) is 0 Å². The minimum Gasteiger partial charge on any atom is -0.444 e. The Balaban J connectivity index is 1.59. The van der Waals surface area contributed by atoms with E-state index in [2.05, 4.69) is 55.5 Å². The van der Waals surface area contributed by atoms with Gasteiger partial charge in [-0.25, -0.2) is 0 Å². The van der Waals surface area contributed by atoms with Crippen LogP contribution in [0, 0.1) is 0 Å². The van der Waals surface area contributed by atoms with Crippen LogP contribution in [-0.4, -0.2) is 5.79 Å². The van der Waals surface area contributed by atoms with E-state index in [0.717, 1.165) is 41.0 Å². The zero-order valence-electron chi connectivity index (χ0n) is 16.5. The fourth-order valence-corrected chi connectivity index (χ4v) is 4.36. The number of hydrogen-bond acceptors (Lipinski definition) is 2. The van der Waals surface area contributed by atoms with Gasteiger partial charge in [-0.2, -0.15) is 0 Å². The van der Waals surface area contributed by atoms with Gasteiger partial charge in [0, 0.05) is 27.8 Å². The maximum atomic E-state index is 6.59. The summed E-state index contributed by atoms with van der Waals surface area (Å²) in [4.78, 5) is 0. The van der Waals surface area contributed by atoms with Crippen LogP contribution < -0.4 is 9.47 Å². The lowest BCUT2D eigenvalue weighted by molar-refractivity contribution is -0.0437. The standard InChI is InChI=1S/C26H23ClO2/c1-2-3-4-8-20-16-19-10-12-21(27)17-25(19)29-26(20)15-14-23-22-9-6-5-7-18(22)11-13-24(23)28-26/h5-7,9-17H,2-4,8H2,1H3. The fourth-order valence-electron chi connectivity index (χ4n) is 4.20. The predicted molar refractivity (Wildman–Crippen MR) is 121 cm³/mol. The average molecular weight is 403 g/mol. The molecule has 0 bridgehead atoms. The third-order valence-electron chi connectivity index (χ3n) is 5.73. The van der Waals surface area contributed by atoms with E-state index in [0.29, 0.717) is 5.02 Å². The topological polar surface area (TPSA) is 18.5 Å². The number of halogens is 1. The summed E-state index contributed by atoms with van der Waals surface area (Å²) in [6, 6.07) is 18.3. The van der Waals surface area contributed by atoms with E-state index in [1.165, 1.54) is 23.6 Å². The molecule has 2 heterocycles. The molecule has 0 amide bonds. The molecule has 3 heteroatoms. The maximum absolute atomic E-state index is 6.59. The Labute approximate surface area is 176 Å². The lowest BCUT2D eigenvalue weighted by atomic mass is 9.90. The minimum atomic E-state index is -0.916. The van der Waals surface area contributed by atoms with Gasteiger partial charge in [0.2, 0.25) is 0 Å². The van der Waals surface area contributed by atoms with Gasteiger partial charge in [-0.05, 0) is 60.0 Å². The zero-order valence-corrected chi connectivity index (χ0v) is 17.2.